The molecule has 0 aliphatic carbocycles. The third-order valence-electron chi connectivity index (χ3n) is 6.77. The van der Waals surface area contributed by atoms with Gasteiger partial charge < -0.3 is 42.4 Å². The van der Waals surface area contributed by atoms with Crippen molar-refractivity contribution in [3.8, 4) is 46.0 Å². The number of hydrogen-bond donors (Lipinski definition) is 0. The molecule has 0 heterocycles. The zero-order valence-corrected chi connectivity index (χ0v) is 30.3. The Labute approximate surface area is 293 Å². The first kappa shape index (κ1) is 38.6. The predicted molar refractivity (Wildman–Crippen MR) is 172 cm³/mol. The van der Waals surface area contributed by atoms with Crippen LogP contribution in [0.1, 0.15) is 35.1 Å². The smallest absolute Gasteiger partial charge is 0.748 e. The van der Waals surface area contributed by atoms with E-state index in [2.05, 4.69) is 0 Å². The van der Waals surface area contributed by atoms with Gasteiger partial charge in [-0.2, -0.15) is 0 Å². The van der Waals surface area contributed by atoms with Crippen molar-refractivity contribution in [1.82, 2.24) is 0 Å². The van der Waals surface area contributed by atoms with Crippen molar-refractivity contribution in [3.63, 3.8) is 0 Å². The molecular weight excluding hydrogens is 627 g/mol. The Bertz CT molecular complexity index is 1570. The van der Waals surface area contributed by atoms with Crippen molar-refractivity contribution in [2.24, 2.45) is 0 Å². The van der Waals surface area contributed by atoms with E-state index in [0.29, 0.717) is 74.7 Å². The Kier molecular flexibility index (Phi) is 15.6. The zero-order chi connectivity index (χ0) is 33.0. The molecule has 0 aromatic heterocycles. The summed E-state index contributed by atoms with van der Waals surface area (Å²) in [5.41, 5.74) is 2.71. The maximum Gasteiger partial charge on any atom is 1.00 e. The van der Waals surface area contributed by atoms with Gasteiger partial charge in [0.2, 0.25) is 0 Å². The number of rotatable bonds is 17. The summed E-state index contributed by atoms with van der Waals surface area (Å²) in [7, 11) is 6.61. The van der Waals surface area contributed by atoms with Crippen LogP contribution in [0.2, 0.25) is 0 Å². The molecule has 0 saturated heterocycles. The van der Waals surface area contributed by atoms with Crippen LogP contribution in [-0.4, -0.2) is 75.1 Å². The largest absolute Gasteiger partial charge is 1.00 e. The van der Waals surface area contributed by atoms with Crippen LogP contribution < -0.4 is 67.5 Å². The molecule has 0 unspecified atom stereocenters. The van der Waals surface area contributed by atoms with Gasteiger partial charge in [-0.1, -0.05) is 12.2 Å². The molecule has 0 amide bonds. The fourth-order valence-corrected chi connectivity index (χ4v) is 5.01. The number of benzene rings is 3. The van der Waals surface area contributed by atoms with Crippen molar-refractivity contribution in [3.05, 3.63) is 58.7 Å². The standard InChI is InChI=1S/C33H40O11S.Na/c1-37-24-18-30(40-4)26(31(19-24)41-5)12-10-22-17-29(44-14-8-9-15-45(34,35)36)23(16-28(22)39-3)11-13-27-32(42-6)20-25(38-2)21-33(27)43-7;/h10-13,16-21H,8-9,14-15H2,1-7H3,(H,34,35,36);/q;+1/p-1/b12-10+,13-11+;. The fraction of sp³-hybridized carbons (Fsp3) is 0.333. The van der Waals surface area contributed by atoms with Crippen LogP contribution in [0.4, 0.5) is 0 Å². The quantitative estimate of drug-likeness (QED) is 0.0913. The number of hydrogen-bond acceptors (Lipinski definition) is 11. The first-order valence-electron chi connectivity index (χ1n) is 13.9. The third kappa shape index (κ3) is 10.5. The zero-order valence-electron chi connectivity index (χ0n) is 27.5. The summed E-state index contributed by atoms with van der Waals surface area (Å²) >= 11 is 0. The van der Waals surface area contributed by atoms with E-state index >= 15 is 0 Å². The molecule has 0 aliphatic heterocycles. The van der Waals surface area contributed by atoms with Gasteiger partial charge in [0.25, 0.3) is 0 Å². The molecule has 0 spiro atoms. The molecule has 244 valence electrons. The summed E-state index contributed by atoms with van der Waals surface area (Å²) in [5, 5.41) is 0. The van der Waals surface area contributed by atoms with E-state index in [9.17, 15) is 13.0 Å². The third-order valence-corrected chi connectivity index (χ3v) is 7.56. The summed E-state index contributed by atoms with van der Waals surface area (Å²) in [4.78, 5) is 0. The first-order chi connectivity index (χ1) is 21.6. The second kappa shape index (κ2) is 18.6. The predicted octanol–water partition coefficient (Wildman–Crippen LogP) is 2.80. The molecule has 0 atom stereocenters. The van der Waals surface area contributed by atoms with E-state index in [-0.39, 0.29) is 42.6 Å². The van der Waals surface area contributed by atoms with Crippen LogP contribution in [0.25, 0.3) is 24.3 Å². The molecule has 46 heavy (non-hydrogen) atoms. The number of ether oxygens (including phenoxy) is 8. The van der Waals surface area contributed by atoms with Gasteiger partial charge >= 0.3 is 29.6 Å². The Morgan fingerprint density at radius 1 is 0.543 bits per heavy atom. The average molecular weight is 667 g/mol. The molecule has 0 N–H and O–H groups in total. The van der Waals surface area contributed by atoms with Gasteiger partial charge in [-0.25, -0.2) is 8.42 Å². The van der Waals surface area contributed by atoms with Gasteiger partial charge in [-0.05, 0) is 37.1 Å². The van der Waals surface area contributed by atoms with Crippen LogP contribution >= 0.6 is 0 Å². The summed E-state index contributed by atoms with van der Waals surface area (Å²) in [5.74, 6) is 3.93. The second-order valence-corrected chi connectivity index (χ2v) is 11.0. The van der Waals surface area contributed by atoms with Gasteiger partial charge in [0.05, 0.1) is 77.6 Å². The van der Waals surface area contributed by atoms with Crippen molar-refractivity contribution in [2.45, 2.75) is 12.8 Å². The van der Waals surface area contributed by atoms with E-state index in [1.165, 1.54) is 0 Å². The summed E-state index contributed by atoms with van der Waals surface area (Å²) in [6.45, 7) is 0.182. The minimum absolute atomic E-state index is 0. The minimum Gasteiger partial charge on any atom is -0.748 e. The molecule has 0 saturated carbocycles. The Hall–Kier alpha value is -3.55. The van der Waals surface area contributed by atoms with Crippen LogP contribution in [0.3, 0.4) is 0 Å². The fourth-order valence-electron chi connectivity index (χ4n) is 4.46. The normalized spacial score (nSPS) is 11.2. The van der Waals surface area contributed by atoms with E-state index in [0.717, 1.165) is 0 Å². The molecule has 0 bridgehead atoms. The SMILES string of the molecule is COc1cc(OC)c(/C=C/c2cc(OCCCCS(=O)(=O)[O-])c(/C=C/c3c(OC)cc(OC)cc3OC)cc2OC)c(OC)c1.[Na+]. The van der Waals surface area contributed by atoms with E-state index < -0.39 is 15.9 Å². The van der Waals surface area contributed by atoms with Gasteiger partial charge in [0.1, 0.15) is 46.0 Å². The maximum atomic E-state index is 11.0. The number of unbranched alkanes of at least 4 members (excludes halogenated alkanes) is 1. The molecule has 13 heteroatoms. The first-order valence-corrected chi connectivity index (χ1v) is 15.4. The van der Waals surface area contributed by atoms with E-state index in [1.807, 2.05) is 36.4 Å². The molecule has 0 fully saturated rings. The van der Waals surface area contributed by atoms with Crippen LogP contribution in [-0.2, 0) is 10.1 Å². The summed E-state index contributed by atoms with van der Waals surface area (Å²) < 4.78 is 78.0. The second-order valence-electron chi connectivity index (χ2n) is 9.51. The molecule has 0 radical (unpaired) electrons. The molecule has 0 aliphatic rings. The molecule has 3 aromatic carbocycles. The molecule has 3 rings (SSSR count). The van der Waals surface area contributed by atoms with Gasteiger partial charge in [-0.3, -0.25) is 0 Å². The van der Waals surface area contributed by atoms with Gasteiger partial charge in [-0.15, -0.1) is 0 Å². The molecule has 3 aromatic rings. The monoisotopic (exact) mass is 666 g/mol. The molecular formula is C33H39NaO11S. The molecule has 11 nitrogen and oxygen atoms in total. The van der Waals surface area contributed by atoms with Crippen molar-refractivity contribution in [2.75, 3.05) is 62.1 Å². The summed E-state index contributed by atoms with van der Waals surface area (Å²) in [6, 6.07) is 10.6. The van der Waals surface area contributed by atoms with Crippen LogP contribution in [0.5, 0.6) is 46.0 Å². The Morgan fingerprint density at radius 2 is 0.935 bits per heavy atom. The van der Waals surface area contributed by atoms with Crippen molar-refractivity contribution >= 4 is 34.4 Å². The van der Waals surface area contributed by atoms with Gasteiger partial charge in [0.15, 0.2) is 0 Å². The Morgan fingerprint density at radius 3 is 1.30 bits per heavy atom. The maximum absolute atomic E-state index is 11.0. The van der Waals surface area contributed by atoms with Crippen LogP contribution in [0.15, 0.2) is 36.4 Å². The average Bonchev–Trinajstić information content (AvgIpc) is 3.04. The topological polar surface area (TPSA) is 131 Å². The van der Waals surface area contributed by atoms with Crippen molar-refractivity contribution in [1.29, 1.82) is 0 Å². The van der Waals surface area contributed by atoms with E-state index in [4.69, 9.17) is 37.9 Å². The van der Waals surface area contributed by atoms with E-state index in [1.54, 1.807) is 74.0 Å². The minimum atomic E-state index is -4.30. The number of methoxy groups -OCH3 is 7. The van der Waals surface area contributed by atoms with Crippen LogP contribution in [0, 0.1) is 0 Å². The Balaban J connectivity index is 0.00000736. The van der Waals surface area contributed by atoms with Gasteiger partial charge in [0, 0.05) is 41.1 Å². The summed E-state index contributed by atoms with van der Waals surface area (Å²) in [6.07, 6.45) is 7.87. The van der Waals surface area contributed by atoms with Crippen molar-refractivity contribution < 1.29 is 80.4 Å².